The fourth-order valence-corrected chi connectivity index (χ4v) is 6.55. The van der Waals surface area contributed by atoms with E-state index in [1.807, 2.05) is 14.1 Å². The first-order valence-corrected chi connectivity index (χ1v) is 13.5. The molecule has 0 aliphatic carbocycles. The van der Waals surface area contributed by atoms with Gasteiger partial charge in [-0.15, -0.1) is 0 Å². The van der Waals surface area contributed by atoms with E-state index in [0.29, 0.717) is 32.9 Å². The molecule has 0 amide bonds. The Morgan fingerprint density at radius 2 is 1.83 bits per heavy atom. The van der Waals surface area contributed by atoms with Crippen LogP contribution in [0.1, 0.15) is 5.56 Å². The average molecular weight is 567 g/mol. The van der Waals surface area contributed by atoms with E-state index < -0.39 is 15.8 Å². The lowest BCUT2D eigenvalue weighted by atomic mass is 10.1. The number of benzene rings is 2. The summed E-state index contributed by atoms with van der Waals surface area (Å²) in [6.45, 7) is 1.65. The molecular formula is C23H21Cl2FN6O2S2. The van der Waals surface area contributed by atoms with Gasteiger partial charge in [-0.05, 0) is 36.8 Å². The van der Waals surface area contributed by atoms with Crippen molar-refractivity contribution in [3.8, 4) is 21.8 Å². The lowest BCUT2D eigenvalue weighted by molar-refractivity contribution is 0.599. The van der Waals surface area contributed by atoms with E-state index in [1.54, 1.807) is 37.2 Å². The molecule has 0 saturated carbocycles. The minimum absolute atomic E-state index is 0.0342. The maximum Gasteiger partial charge on any atom is 0.264 e. The van der Waals surface area contributed by atoms with Crippen molar-refractivity contribution in [2.24, 2.45) is 0 Å². The molecule has 0 fully saturated rings. The number of aromatic nitrogens is 3. The van der Waals surface area contributed by atoms with Crippen LogP contribution >= 0.6 is 34.5 Å². The fourth-order valence-electron chi connectivity index (χ4n) is 3.33. The average Bonchev–Trinajstić information content (AvgIpc) is 3.28. The summed E-state index contributed by atoms with van der Waals surface area (Å²) in [4.78, 5) is 15.3. The fraction of sp³-hybridized carbons (Fsp3) is 0.174. The molecule has 188 valence electrons. The van der Waals surface area contributed by atoms with Crippen LogP contribution in [0.5, 0.6) is 0 Å². The Morgan fingerprint density at radius 1 is 1.08 bits per heavy atom. The molecule has 4 rings (SSSR count). The minimum Gasteiger partial charge on any atom is -0.357 e. The quantitative estimate of drug-likeness (QED) is 0.286. The van der Waals surface area contributed by atoms with Crippen molar-refractivity contribution in [2.75, 3.05) is 36.1 Å². The van der Waals surface area contributed by atoms with Crippen LogP contribution in [0.25, 0.3) is 21.8 Å². The van der Waals surface area contributed by atoms with Gasteiger partial charge in [0.05, 0.1) is 32.0 Å². The third-order valence-electron chi connectivity index (χ3n) is 5.12. The van der Waals surface area contributed by atoms with Crippen LogP contribution in [0.2, 0.25) is 10.0 Å². The zero-order chi connectivity index (χ0) is 26.2. The third kappa shape index (κ3) is 4.96. The molecule has 0 spiro atoms. The Hall–Kier alpha value is -2.99. The van der Waals surface area contributed by atoms with Gasteiger partial charge in [-0.3, -0.25) is 4.72 Å². The van der Waals surface area contributed by atoms with Crippen LogP contribution < -0.4 is 14.9 Å². The number of halogens is 3. The number of nitrogens with one attached hydrogen (secondary N) is 2. The smallest absolute Gasteiger partial charge is 0.264 e. The topological polar surface area (TPSA) is 100 Å². The van der Waals surface area contributed by atoms with E-state index in [9.17, 15) is 8.42 Å². The monoisotopic (exact) mass is 566 g/mol. The number of anilines is 3. The van der Waals surface area contributed by atoms with Crippen molar-refractivity contribution in [2.45, 2.75) is 11.8 Å². The molecule has 0 atom stereocenters. The SMILES string of the molecule is CNc1nccc(-c2sc(N(C)C)nc2-c2cccc(NS(=O)(=O)c3c(Cl)ccc(C)c3Cl)c2F)n1. The third-order valence-corrected chi connectivity index (χ3v) is 8.84. The summed E-state index contributed by atoms with van der Waals surface area (Å²) in [5, 5.41) is 3.39. The summed E-state index contributed by atoms with van der Waals surface area (Å²) >= 11 is 13.7. The Bertz CT molecular complexity index is 1560. The lowest BCUT2D eigenvalue weighted by Crippen LogP contribution is -2.15. The summed E-state index contributed by atoms with van der Waals surface area (Å²) in [5.74, 6) is -0.409. The van der Waals surface area contributed by atoms with E-state index in [1.165, 1.54) is 35.6 Å². The number of hydrogen-bond donors (Lipinski definition) is 2. The van der Waals surface area contributed by atoms with Crippen molar-refractivity contribution >= 4 is 61.3 Å². The van der Waals surface area contributed by atoms with Gasteiger partial charge in [0.25, 0.3) is 10.0 Å². The second-order valence-electron chi connectivity index (χ2n) is 7.86. The van der Waals surface area contributed by atoms with E-state index in [-0.39, 0.29) is 26.2 Å². The van der Waals surface area contributed by atoms with Gasteiger partial charge in [0.1, 0.15) is 4.90 Å². The van der Waals surface area contributed by atoms with Crippen LogP contribution in [0, 0.1) is 12.7 Å². The van der Waals surface area contributed by atoms with Gasteiger partial charge >= 0.3 is 0 Å². The molecule has 13 heteroatoms. The maximum atomic E-state index is 15.8. The molecule has 2 aromatic heterocycles. The predicted molar refractivity (Wildman–Crippen MR) is 144 cm³/mol. The zero-order valence-electron chi connectivity index (χ0n) is 19.6. The molecule has 0 saturated heterocycles. The Kier molecular flexibility index (Phi) is 7.37. The highest BCUT2D eigenvalue weighted by Crippen LogP contribution is 2.42. The molecule has 36 heavy (non-hydrogen) atoms. The van der Waals surface area contributed by atoms with Gasteiger partial charge in [0, 0.05) is 32.9 Å². The number of rotatable bonds is 7. The summed E-state index contributed by atoms with van der Waals surface area (Å²) in [7, 11) is 1.03. The maximum absolute atomic E-state index is 15.8. The molecule has 0 aliphatic heterocycles. The predicted octanol–water partition coefficient (Wildman–Crippen LogP) is 5.93. The molecule has 2 heterocycles. The molecule has 8 nitrogen and oxygen atoms in total. The number of hydrogen-bond acceptors (Lipinski definition) is 8. The van der Waals surface area contributed by atoms with E-state index in [4.69, 9.17) is 23.2 Å². The molecule has 4 aromatic rings. The number of sulfonamides is 1. The van der Waals surface area contributed by atoms with Crippen LogP contribution in [-0.4, -0.2) is 44.5 Å². The Labute approximate surface area is 222 Å². The van der Waals surface area contributed by atoms with Crippen LogP contribution in [0.3, 0.4) is 0 Å². The molecule has 2 N–H and O–H groups in total. The molecule has 0 bridgehead atoms. The van der Waals surface area contributed by atoms with Crippen molar-refractivity contribution < 1.29 is 12.8 Å². The first-order chi connectivity index (χ1) is 17.0. The van der Waals surface area contributed by atoms with Crippen molar-refractivity contribution in [3.05, 3.63) is 64.0 Å². The van der Waals surface area contributed by atoms with Crippen molar-refractivity contribution in [1.82, 2.24) is 15.0 Å². The first-order valence-electron chi connectivity index (χ1n) is 10.5. The normalized spacial score (nSPS) is 11.4. The van der Waals surface area contributed by atoms with E-state index in [0.717, 1.165) is 0 Å². The van der Waals surface area contributed by atoms with E-state index in [2.05, 4.69) is 25.0 Å². The number of nitrogens with zero attached hydrogens (tertiary/aromatic N) is 4. The van der Waals surface area contributed by atoms with Gasteiger partial charge in [-0.2, -0.15) is 0 Å². The molecular weight excluding hydrogens is 546 g/mol. The number of thiazole rings is 1. The largest absolute Gasteiger partial charge is 0.357 e. The summed E-state index contributed by atoms with van der Waals surface area (Å²) in [6, 6.07) is 9.10. The van der Waals surface area contributed by atoms with Crippen LogP contribution in [0.4, 0.5) is 21.2 Å². The minimum atomic E-state index is -4.31. The second-order valence-corrected chi connectivity index (χ2v) is 11.2. The van der Waals surface area contributed by atoms with Gasteiger partial charge in [-0.25, -0.2) is 27.8 Å². The molecule has 0 unspecified atom stereocenters. The highest BCUT2D eigenvalue weighted by Gasteiger charge is 2.26. The molecule has 2 aromatic carbocycles. The van der Waals surface area contributed by atoms with E-state index >= 15 is 4.39 Å². The van der Waals surface area contributed by atoms with Gasteiger partial charge in [-0.1, -0.05) is 46.7 Å². The summed E-state index contributed by atoms with van der Waals surface area (Å²) < 4.78 is 44.5. The van der Waals surface area contributed by atoms with Crippen LogP contribution in [0.15, 0.2) is 47.5 Å². The second kappa shape index (κ2) is 10.2. The Morgan fingerprint density at radius 3 is 2.53 bits per heavy atom. The van der Waals surface area contributed by atoms with Gasteiger partial charge in [0.2, 0.25) is 5.95 Å². The zero-order valence-corrected chi connectivity index (χ0v) is 22.7. The number of aryl methyl sites for hydroxylation is 1. The summed E-state index contributed by atoms with van der Waals surface area (Å²) in [5.41, 5.74) is 1.20. The highest BCUT2D eigenvalue weighted by atomic mass is 35.5. The Balaban J connectivity index is 1.84. The van der Waals surface area contributed by atoms with Crippen LogP contribution in [-0.2, 0) is 10.0 Å². The van der Waals surface area contributed by atoms with Crippen molar-refractivity contribution in [3.63, 3.8) is 0 Å². The summed E-state index contributed by atoms with van der Waals surface area (Å²) in [6.07, 6.45) is 1.59. The van der Waals surface area contributed by atoms with Crippen molar-refractivity contribution in [1.29, 1.82) is 0 Å². The standard InChI is InChI=1S/C23H21Cl2FN6O2S2/c1-12-8-9-14(24)21(17(12)25)36(33,34)31-15-7-5-6-13(18(15)26)19-20(35-23(30-19)32(3)4)16-10-11-28-22(27-2)29-16/h5-11,31H,1-4H3,(H,27,28,29). The lowest BCUT2D eigenvalue weighted by Gasteiger charge is -2.14. The molecule has 0 radical (unpaired) electrons. The van der Waals surface area contributed by atoms with Gasteiger partial charge in [0.15, 0.2) is 10.9 Å². The molecule has 0 aliphatic rings. The van der Waals surface area contributed by atoms with Gasteiger partial charge < -0.3 is 10.2 Å². The highest BCUT2D eigenvalue weighted by molar-refractivity contribution is 7.93. The first kappa shape index (κ1) is 26.1.